The van der Waals surface area contributed by atoms with Crippen molar-refractivity contribution in [2.45, 2.75) is 13.3 Å². The largest absolute Gasteiger partial charge is 0.497 e. The molecule has 2 aromatic carbocycles. The van der Waals surface area contributed by atoms with Gasteiger partial charge in [-0.05, 0) is 30.7 Å². The Bertz CT molecular complexity index is 715. The first kappa shape index (κ1) is 11.9. The van der Waals surface area contributed by atoms with Gasteiger partial charge in [0.15, 0.2) is 0 Å². The zero-order chi connectivity index (χ0) is 13.2. The molecule has 0 spiro atoms. The van der Waals surface area contributed by atoms with E-state index in [1.54, 1.807) is 7.11 Å². The van der Waals surface area contributed by atoms with Gasteiger partial charge < -0.3 is 14.5 Å². The fraction of sp³-hybridized carbons (Fsp3) is 0.250. The number of hydrogen-bond donors (Lipinski definition) is 1. The predicted molar refractivity (Wildman–Crippen MR) is 78.1 cm³/mol. The molecule has 0 saturated heterocycles. The van der Waals surface area contributed by atoms with Crippen LogP contribution in [0.3, 0.4) is 0 Å². The van der Waals surface area contributed by atoms with Crippen molar-refractivity contribution >= 4 is 21.8 Å². The third-order valence-electron chi connectivity index (χ3n) is 3.25. The summed E-state index contributed by atoms with van der Waals surface area (Å²) >= 11 is 0. The number of hydrogen-bond acceptors (Lipinski definition) is 2. The van der Waals surface area contributed by atoms with Crippen LogP contribution in [0.15, 0.2) is 36.4 Å². The molecule has 0 aliphatic carbocycles. The maximum absolute atomic E-state index is 5.66. The molecule has 0 radical (unpaired) electrons. The maximum atomic E-state index is 5.66. The van der Waals surface area contributed by atoms with Crippen LogP contribution >= 0.6 is 0 Å². The molecule has 0 atom stereocenters. The van der Waals surface area contributed by atoms with E-state index in [0.717, 1.165) is 35.6 Å². The first-order valence-electron chi connectivity index (χ1n) is 6.54. The van der Waals surface area contributed by atoms with Gasteiger partial charge in [-0.3, -0.25) is 0 Å². The zero-order valence-corrected chi connectivity index (χ0v) is 11.2. The Morgan fingerprint density at radius 2 is 1.58 bits per heavy atom. The highest BCUT2D eigenvalue weighted by Gasteiger charge is 2.06. The molecule has 0 fully saturated rings. The summed E-state index contributed by atoms with van der Waals surface area (Å²) in [7, 11) is 1.68. The summed E-state index contributed by atoms with van der Waals surface area (Å²) in [4.78, 5) is 3.41. The smallest absolute Gasteiger partial charge is 0.121 e. The number of benzene rings is 2. The van der Waals surface area contributed by atoms with Crippen LogP contribution in [-0.4, -0.2) is 18.7 Å². The van der Waals surface area contributed by atoms with Crippen molar-refractivity contribution in [3.63, 3.8) is 0 Å². The Labute approximate surface area is 112 Å². The third kappa shape index (κ3) is 2.12. The summed E-state index contributed by atoms with van der Waals surface area (Å²) < 4.78 is 10.9. The molecule has 0 aliphatic rings. The van der Waals surface area contributed by atoms with Gasteiger partial charge in [0.2, 0.25) is 0 Å². The normalized spacial score (nSPS) is 11.1. The van der Waals surface area contributed by atoms with Crippen LogP contribution in [0, 0.1) is 0 Å². The summed E-state index contributed by atoms with van der Waals surface area (Å²) in [6.07, 6.45) is 1.02. The molecule has 0 amide bonds. The van der Waals surface area contributed by atoms with Crippen molar-refractivity contribution in [3.8, 4) is 11.5 Å². The summed E-state index contributed by atoms with van der Waals surface area (Å²) in [6, 6.07) is 12.3. The van der Waals surface area contributed by atoms with Gasteiger partial charge in [0.25, 0.3) is 0 Å². The summed E-state index contributed by atoms with van der Waals surface area (Å²) in [5.74, 6) is 1.77. The Hall–Kier alpha value is -2.16. The second-order valence-corrected chi connectivity index (χ2v) is 4.59. The summed E-state index contributed by atoms with van der Waals surface area (Å²) in [6.45, 7) is 2.85. The fourth-order valence-corrected chi connectivity index (χ4v) is 2.31. The zero-order valence-electron chi connectivity index (χ0n) is 11.2. The minimum atomic E-state index is 0.750. The van der Waals surface area contributed by atoms with Gasteiger partial charge >= 0.3 is 0 Å². The lowest BCUT2D eigenvalue weighted by atomic mass is 10.1. The summed E-state index contributed by atoms with van der Waals surface area (Å²) in [5, 5.41) is 2.42. The van der Waals surface area contributed by atoms with E-state index < -0.39 is 0 Å². The highest BCUT2D eigenvalue weighted by atomic mass is 16.5. The summed E-state index contributed by atoms with van der Waals surface area (Å²) in [5.41, 5.74) is 2.18. The maximum Gasteiger partial charge on any atom is 0.121 e. The van der Waals surface area contributed by atoms with Crippen molar-refractivity contribution in [3.05, 3.63) is 36.4 Å². The highest BCUT2D eigenvalue weighted by Crippen LogP contribution is 2.30. The van der Waals surface area contributed by atoms with E-state index in [0.29, 0.717) is 0 Å². The SMILES string of the molecule is CCCOc1ccc2c(c1)[nH]c1cc(OC)ccc12. The number of nitrogens with one attached hydrogen (secondary N) is 1. The van der Waals surface area contributed by atoms with E-state index in [2.05, 4.69) is 30.1 Å². The number of H-pyrrole nitrogens is 1. The first-order chi connectivity index (χ1) is 9.31. The second kappa shape index (κ2) is 4.84. The molecule has 0 saturated carbocycles. The number of aromatic amines is 1. The molecule has 1 N–H and O–H groups in total. The van der Waals surface area contributed by atoms with Gasteiger partial charge in [-0.25, -0.2) is 0 Å². The number of fused-ring (bicyclic) bond motifs is 3. The molecule has 1 aromatic heterocycles. The van der Waals surface area contributed by atoms with E-state index in [-0.39, 0.29) is 0 Å². The molecule has 98 valence electrons. The highest BCUT2D eigenvalue weighted by molar-refractivity contribution is 6.07. The lowest BCUT2D eigenvalue weighted by Gasteiger charge is -2.03. The van der Waals surface area contributed by atoms with Gasteiger partial charge in [-0.1, -0.05) is 6.92 Å². The second-order valence-electron chi connectivity index (χ2n) is 4.59. The Morgan fingerprint density at radius 3 is 2.21 bits per heavy atom. The number of methoxy groups -OCH3 is 1. The molecule has 3 nitrogen and oxygen atoms in total. The van der Waals surface area contributed by atoms with Crippen molar-refractivity contribution in [2.24, 2.45) is 0 Å². The Balaban J connectivity index is 2.10. The van der Waals surface area contributed by atoms with Crippen LogP contribution in [0.1, 0.15) is 13.3 Å². The lowest BCUT2D eigenvalue weighted by Crippen LogP contribution is -1.94. The topological polar surface area (TPSA) is 34.2 Å². The number of rotatable bonds is 4. The van der Waals surface area contributed by atoms with Gasteiger partial charge in [0.05, 0.1) is 24.8 Å². The van der Waals surface area contributed by atoms with Crippen LogP contribution in [-0.2, 0) is 0 Å². The van der Waals surface area contributed by atoms with Crippen LogP contribution in [0.4, 0.5) is 0 Å². The van der Waals surface area contributed by atoms with Crippen LogP contribution in [0.5, 0.6) is 11.5 Å². The van der Waals surface area contributed by atoms with E-state index in [1.165, 1.54) is 10.8 Å². The van der Waals surface area contributed by atoms with Gasteiger partial charge in [0.1, 0.15) is 11.5 Å². The van der Waals surface area contributed by atoms with E-state index in [1.807, 2.05) is 18.2 Å². The predicted octanol–water partition coefficient (Wildman–Crippen LogP) is 4.12. The van der Waals surface area contributed by atoms with Gasteiger partial charge in [0, 0.05) is 22.9 Å². The van der Waals surface area contributed by atoms with Crippen molar-refractivity contribution in [2.75, 3.05) is 13.7 Å². The molecule has 3 rings (SSSR count). The van der Waals surface area contributed by atoms with Gasteiger partial charge in [-0.15, -0.1) is 0 Å². The van der Waals surface area contributed by atoms with Crippen molar-refractivity contribution in [1.29, 1.82) is 0 Å². The molecular formula is C16H17NO2. The monoisotopic (exact) mass is 255 g/mol. The quantitative estimate of drug-likeness (QED) is 0.761. The molecule has 0 bridgehead atoms. The molecular weight excluding hydrogens is 238 g/mol. The van der Waals surface area contributed by atoms with Crippen molar-refractivity contribution in [1.82, 2.24) is 4.98 Å². The van der Waals surface area contributed by atoms with E-state index in [4.69, 9.17) is 9.47 Å². The molecule has 0 aliphatic heterocycles. The number of aromatic nitrogens is 1. The average Bonchev–Trinajstić information content (AvgIpc) is 2.81. The first-order valence-corrected chi connectivity index (χ1v) is 6.54. The van der Waals surface area contributed by atoms with Crippen molar-refractivity contribution < 1.29 is 9.47 Å². The standard InChI is InChI=1S/C16H17NO2/c1-3-8-19-12-5-7-14-13-6-4-11(18-2)9-15(13)17-16(14)10-12/h4-7,9-10,17H,3,8H2,1-2H3. The van der Waals surface area contributed by atoms with Crippen LogP contribution in [0.2, 0.25) is 0 Å². The Kier molecular flexibility index (Phi) is 3.03. The minimum absolute atomic E-state index is 0.750. The van der Waals surface area contributed by atoms with Crippen LogP contribution < -0.4 is 9.47 Å². The third-order valence-corrected chi connectivity index (χ3v) is 3.25. The number of ether oxygens (including phenoxy) is 2. The molecule has 19 heavy (non-hydrogen) atoms. The molecule has 3 aromatic rings. The fourth-order valence-electron chi connectivity index (χ4n) is 2.31. The molecule has 3 heteroatoms. The Morgan fingerprint density at radius 1 is 0.947 bits per heavy atom. The van der Waals surface area contributed by atoms with E-state index in [9.17, 15) is 0 Å². The molecule has 0 unspecified atom stereocenters. The van der Waals surface area contributed by atoms with Gasteiger partial charge in [-0.2, -0.15) is 0 Å². The minimum Gasteiger partial charge on any atom is -0.497 e. The van der Waals surface area contributed by atoms with E-state index >= 15 is 0 Å². The van der Waals surface area contributed by atoms with Crippen LogP contribution in [0.25, 0.3) is 21.8 Å². The lowest BCUT2D eigenvalue weighted by molar-refractivity contribution is 0.318. The average molecular weight is 255 g/mol. The molecule has 1 heterocycles.